The lowest BCUT2D eigenvalue weighted by molar-refractivity contribution is 0.380. The van der Waals surface area contributed by atoms with Crippen LogP contribution in [0.25, 0.3) is 0 Å². The van der Waals surface area contributed by atoms with Crippen molar-refractivity contribution in [1.29, 1.82) is 0 Å². The summed E-state index contributed by atoms with van der Waals surface area (Å²) < 4.78 is 10.1. The first kappa shape index (κ1) is 17.0. The van der Waals surface area contributed by atoms with Crippen LogP contribution in [-0.4, -0.2) is 19.3 Å². The van der Waals surface area contributed by atoms with Gasteiger partial charge in [0.05, 0.1) is 14.2 Å². The highest BCUT2D eigenvalue weighted by molar-refractivity contribution is 5.49. The summed E-state index contributed by atoms with van der Waals surface area (Å²) in [7, 11) is 3.11. The normalized spacial score (nSPS) is 7.94. The number of benzene rings is 1. The molecule has 0 atom stereocenters. The summed E-state index contributed by atoms with van der Waals surface area (Å²) in [6.07, 6.45) is 0. The maximum Gasteiger partial charge on any atom is 0.129 e. The van der Waals surface area contributed by atoms with Crippen LogP contribution < -0.4 is 9.47 Å². The first-order valence-electron chi connectivity index (χ1n) is 5.60. The van der Waals surface area contributed by atoms with Crippen molar-refractivity contribution in [3.05, 3.63) is 17.7 Å². The third kappa shape index (κ3) is 4.91. The van der Waals surface area contributed by atoms with E-state index in [1.807, 2.05) is 34.6 Å². The van der Waals surface area contributed by atoms with Crippen molar-refractivity contribution in [3.63, 3.8) is 0 Å². The van der Waals surface area contributed by atoms with Crippen LogP contribution in [0.4, 0.5) is 0 Å². The smallest absolute Gasteiger partial charge is 0.129 e. The molecule has 3 nitrogen and oxygen atoms in total. The van der Waals surface area contributed by atoms with E-state index in [4.69, 9.17) is 9.47 Å². The summed E-state index contributed by atoms with van der Waals surface area (Å²) >= 11 is 0. The van der Waals surface area contributed by atoms with Crippen LogP contribution in [0, 0.1) is 6.92 Å². The molecular formula is C13H24O3. The van der Waals surface area contributed by atoms with E-state index in [0.29, 0.717) is 11.5 Å². The zero-order chi connectivity index (χ0) is 13.1. The Kier molecular flexibility index (Phi) is 10.8. The van der Waals surface area contributed by atoms with Gasteiger partial charge in [0.2, 0.25) is 0 Å². The minimum atomic E-state index is 0.148. The van der Waals surface area contributed by atoms with E-state index in [1.165, 1.54) is 0 Å². The molecule has 0 unspecified atom stereocenters. The molecule has 0 radical (unpaired) electrons. The highest BCUT2D eigenvalue weighted by Gasteiger charge is 2.06. The third-order valence-electron chi connectivity index (χ3n) is 1.74. The molecule has 0 aliphatic heterocycles. The lowest BCUT2D eigenvalue weighted by atomic mass is 10.2. The summed E-state index contributed by atoms with van der Waals surface area (Å²) in [5.74, 6) is 1.41. The molecule has 16 heavy (non-hydrogen) atoms. The molecule has 0 spiro atoms. The average molecular weight is 228 g/mol. The fourth-order valence-electron chi connectivity index (χ4n) is 1.07. The van der Waals surface area contributed by atoms with Crippen molar-refractivity contribution in [1.82, 2.24) is 0 Å². The first-order valence-corrected chi connectivity index (χ1v) is 5.60. The van der Waals surface area contributed by atoms with E-state index >= 15 is 0 Å². The van der Waals surface area contributed by atoms with E-state index < -0.39 is 0 Å². The van der Waals surface area contributed by atoms with Crippen LogP contribution >= 0.6 is 0 Å². The van der Waals surface area contributed by atoms with Gasteiger partial charge in [0, 0.05) is 17.7 Å². The number of phenols is 1. The standard InChI is InChI=1S/C9H12O3.2C2H6/c1-6-8(11-2)4-7(10)5-9(6)12-3;2*1-2/h4-5,10H,1-3H3;2*1-2H3. The molecule has 0 fully saturated rings. The van der Waals surface area contributed by atoms with Crippen LogP contribution in [0.15, 0.2) is 12.1 Å². The first-order chi connectivity index (χ1) is 7.69. The van der Waals surface area contributed by atoms with Gasteiger partial charge in [0.15, 0.2) is 0 Å². The van der Waals surface area contributed by atoms with Gasteiger partial charge >= 0.3 is 0 Å². The Balaban J connectivity index is 0. The number of phenolic OH excluding ortho intramolecular Hbond substituents is 1. The van der Waals surface area contributed by atoms with Gasteiger partial charge in [-0.05, 0) is 6.92 Å². The molecule has 1 rings (SSSR count). The van der Waals surface area contributed by atoms with E-state index in [9.17, 15) is 5.11 Å². The molecule has 3 heteroatoms. The van der Waals surface area contributed by atoms with Gasteiger partial charge in [-0.3, -0.25) is 0 Å². The summed E-state index contributed by atoms with van der Waals surface area (Å²) in [4.78, 5) is 0. The van der Waals surface area contributed by atoms with Crippen molar-refractivity contribution in [2.45, 2.75) is 34.6 Å². The Morgan fingerprint density at radius 3 is 1.44 bits per heavy atom. The van der Waals surface area contributed by atoms with Gasteiger partial charge in [-0.15, -0.1) is 0 Å². The van der Waals surface area contributed by atoms with Crippen LogP contribution in [0.1, 0.15) is 33.3 Å². The molecule has 0 bridgehead atoms. The number of hydrogen-bond acceptors (Lipinski definition) is 3. The fourth-order valence-corrected chi connectivity index (χ4v) is 1.07. The van der Waals surface area contributed by atoms with Gasteiger partial charge < -0.3 is 14.6 Å². The summed E-state index contributed by atoms with van der Waals surface area (Å²) in [5.41, 5.74) is 0.887. The largest absolute Gasteiger partial charge is 0.508 e. The predicted octanol–water partition coefficient (Wildman–Crippen LogP) is 3.77. The zero-order valence-corrected chi connectivity index (χ0v) is 11.4. The van der Waals surface area contributed by atoms with Crippen molar-refractivity contribution in [3.8, 4) is 17.2 Å². The number of methoxy groups -OCH3 is 2. The molecular weight excluding hydrogens is 204 g/mol. The average Bonchev–Trinajstić information content (AvgIpc) is 2.36. The number of ether oxygens (including phenoxy) is 2. The molecule has 0 saturated heterocycles. The van der Waals surface area contributed by atoms with E-state index in [-0.39, 0.29) is 5.75 Å². The van der Waals surface area contributed by atoms with Crippen LogP contribution in [-0.2, 0) is 0 Å². The lowest BCUT2D eigenvalue weighted by Gasteiger charge is -2.09. The molecule has 0 aromatic heterocycles. The fraction of sp³-hybridized carbons (Fsp3) is 0.538. The molecule has 0 aliphatic rings. The Labute approximate surface area is 99.0 Å². The van der Waals surface area contributed by atoms with Crippen molar-refractivity contribution >= 4 is 0 Å². The minimum absolute atomic E-state index is 0.148. The van der Waals surface area contributed by atoms with E-state index in [2.05, 4.69) is 0 Å². The Morgan fingerprint density at radius 2 is 1.19 bits per heavy atom. The molecule has 1 N–H and O–H groups in total. The predicted molar refractivity (Wildman–Crippen MR) is 68.6 cm³/mol. The van der Waals surface area contributed by atoms with Gasteiger partial charge in [-0.2, -0.15) is 0 Å². The van der Waals surface area contributed by atoms with Gasteiger partial charge in [0.25, 0.3) is 0 Å². The highest BCUT2D eigenvalue weighted by atomic mass is 16.5. The second-order valence-electron chi connectivity index (χ2n) is 2.48. The molecule has 0 saturated carbocycles. The lowest BCUT2D eigenvalue weighted by Crippen LogP contribution is -1.91. The number of rotatable bonds is 2. The topological polar surface area (TPSA) is 38.7 Å². The van der Waals surface area contributed by atoms with Crippen molar-refractivity contribution in [2.75, 3.05) is 14.2 Å². The van der Waals surface area contributed by atoms with E-state index in [1.54, 1.807) is 26.4 Å². The third-order valence-corrected chi connectivity index (χ3v) is 1.74. The summed E-state index contributed by atoms with van der Waals surface area (Å²) in [5, 5.41) is 9.22. The van der Waals surface area contributed by atoms with Gasteiger partial charge in [0.1, 0.15) is 17.2 Å². The van der Waals surface area contributed by atoms with E-state index in [0.717, 1.165) is 5.56 Å². The molecule has 1 aromatic rings. The van der Waals surface area contributed by atoms with Gasteiger partial charge in [-0.1, -0.05) is 27.7 Å². The Bertz CT molecular complexity index is 258. The summed E-state index contributed by atoms with van der Waals surface area (Å²) in [6, 6.07) is 3.11. The Hall–Kier alpha value is -1.38. The second-order valence-corrected chi connectivity index (χ2v) is 2.48. The zero-order valence-electron chi connectivity index (χ0n) is 11.4. The van der Waals surface area contributed by atoms with Gasteiger partial charge in [-0.25, -0.2) is 0 Å². The second kappa shape index (κ2) is 10.1. The van der Waals surface area contributed by atoms with Crippen molar-refractivity contribution in [2.24, 2.45) is 0 Å². The molecule has 0 aliphatic carbocycles. The minimum Gasteiger partial charge on any atom is -0.508 e. The maximum absolute atomic E-state index is 9.22. The number of hydrogen-bond donors (Lipinski definition) is 1. The number of aromatic hydroxyl groups is 1. The quantitative estimate of drug-likeness (QED) is 0.837. The van der Waals surface area contributed by atoms with Crippen LogP contribution in [0.5, 0.6) is 17.2 Å². The molecule has 1 aromatic carbocycles. The SMILES string of the molecule is CC.CC.COc1cc(O)cc(OC)c1C. The van der Waals surface area contributed by atoms with Crippen LogP contribution in [0.2, 0.25) is 0 Å². The van der Waals surface area contributed by atoms with Crippen molar-refractivity contribution < 1.29 is 14.6 Å². The molecule has 0 amide bonds. The van der Waals surface area contributed by atoms with Crippen LogP contribution in [0.3, 0.4) is 0 Å². The molecule has 94 valence electrons. The highest BCUT2D eigenvalue weighted by Crippen LogP contribution is 2.32. The Morgan fingerprint density at radius 1 is 0.875 bits per heavy atom. The monoisotopic (exact) mass is 228 g/mol. The maximum atomic E-state index is 9.22. The molecule has 0 heterocycles. The summed E-state index contributed by atoms with van der Waals surface area (Å²) in [6.45, 7) is 9.87.